The maximum Gasteiger partial charge on any atom is 0.128 e. The van der Waals surface area contributed by atoms with E-state index < -0.39 is 0 Å². The molecule has 0 aliphatic heterocycles. The molecule has 0 aliphatic carbocycles. The number of thioether (sulfide) groups is 1. The zero-order valence-electron chi connectivity index (χ0n) is 9.50. The molecule has 0 amide bonds. The summed E-state index contributed by atoms with van der Waals surface area (Å²) in [4.78, 5) is 0. The lowest BCUT2D eigenvalue weighted by molar-refractivity contribution is 0.0920. The van der Waals surface area contributed by atoms with Crippen molar-refractivity contribution in [2.75, 3.05) is 12.4 Å². The van der Waals surface area contributed by atoms with Gasteiger partial charge in [0.2, 0.25) is 0 Å². The Morgan fingerprint density at radius 1 is 1.44 bits per heavy atom. The van der Waals surface area contributed by atoms with E-state index in [0.717, 1.165) is 22.4 Å². The van der Waals surface area contributed by atoms with Gasteiger partial charge in [-0.15, -0.1) is 0 Å². The van der Waals surface area contributed by atoms with Crippen LogP contribution in [-0.2, 0) is 10.5 Å². The van der Waals surface area contributed by atoms with Crippen molar-refractivity contribution >= 4 is 27.7 Å². The molecular weight excluding hydrogens is 291 g/mol. The van der Waals surface area contributed by atoms with Gasteiger partial charge in [0.1, 0.15) is 5.82 Å². The fraction of sp³-hybridized carbons (Fsp3) is 0.500. The van der Waals surface area contributed by atoms with Gasteiger partial charge in [0.25, 0.3) is 0 Å². The molecule has 0 saturated heterocycles. The molecule has 4 heteroatoms. The number of halogens is 2. The first-order chi connectivity index (χ1) is 7.59. The van der Waals surface area contributed by atoms with Gasteiger partial charge in [0, 0.05) is 16.0 Å². The van der Waals surface area contributed by atoms with Crippen molar-refractivity contribution in [1.29, 1.82) is 0 Å². The highest BCUT2D eigenvalue weighted by Gasteiger charge is 2.02. The van der Waals surface area contributed by atoms with Crippen LogP contribution in [0.2, 0.25) is 0 Å². The van der Waals surface area contributed by atoms with Crippen molar-refractivity contribution in [3.8, 4) is 0 Å². The molecule has 0 aliphatic rings. The Hall–Kier alpha value is -0.0600. The summed E-state index contributed by atoms with van der Waals surface area (Å²) in [5.74, 6) is 1.44. The van der Waals surface area contributed by atoms with Crippen molar-refractivity contribution in [3.63, 3.8) is 0 Å². The molecule has 1 aromatic rings. The van der Waals surface area contributed by atoms with Crippen molar-refractivity contribution in [2.45, 2.75) is 25.7 Å². The van der Waals surface area contributed by atoms with E-state index in [1.807, 2.05) is 26.0 Å². The van der Waals surface area contributed by atoms with Crippen LogP contribution in [0.25, 0.3) is 0 Å². The van der Waals surface area contributed by atoms with Crippen molar-refractivity contribution < 1.29 is 9.13 Å². The Bertz CT molecular complexity index is 331. The predicted octanol–water partition coefficient (Wildman–Crippen LogP) is 4.25. The van der Waals surface area contributed by atoms with E-state index in [1.54, 1.807) is 11.8 Å². The van der Waals surface area contributed by atoms with E-state index in [0.29, 0.717) is 5.75 Å². The summed E-state index contributed by atoms with van der Waals surface area (Å²) < 4.78 is 19.6. The van der Waals surface area contributed by atoms with Gasteiger partial charge in [-0.3, -0.25) is 0 Å². The number of hydrogen-bond acceptors (Lipinski definition) is 2. The summed E-state index contributed by atoms with van der Waals surface area (Å²) >= 11 is 4.93. The van der Waals surface area contributed by atoms with Crippen LogP contribution in [0, 0.1) is 5.82 Å². The molecule has 16 heavy (non-hydrogen) atoms. The highest BCUT2D eigenvalue weighted by molar-refractivity contribution is 9.10. The van der Waals surface area contributed by atoms with E-state index in [4.69, 9.17) is 4.74 Å². The predicted molar refractivity (Wildman–Crippen MR) is 71.4 cm³/mol. The average molecular weight is 307 g/mol. The van der Waals surface area contributed by atoms with Gasteiger partial charge in [0.15, 0.2) is 0 Å². The summed E-state index contributed by atoms with van der Waals surface area (Å²) in [6, 6.07) is 5.18. The van der Waals surface area contributed by atoms with Crippen LogP contribution >= 0.6 is 27.7 Å². The maximum atomic E-state index is 13.4. The third-order valence-corrected chi connectivity index (χ3v) is 3.42. The minimum atomic E-state index is -0.147. The van der Waals surface area contributed by atoms with E-state index in [9.17, 15) is 4.39 Å². The first kappa shape index (κ1) is 14.0. The molecule has 1 rings (SSSR count). The third-order valence-electron chi connectivity index (χ3n) is 1.95. The lowest BCUT2D eigenvalue weighted by atomic mass is 10.2. The second kappa shape index (κ2) is 7.30. The van der Waals surface area contributed by atoms with Crippen molar-refractivity contribution in [3.05, 3.63) is 34.1 Å². The first-order valence-corrected chi connectivity index (χ1v) is 7.17. The number of benzene rings is 1. The zero-order chi connectivity index (χ0) is 12.0. The summed E-state index contributed by atoms with van der Waals surface area (Å²) in [7, 11) is 0. The van der Waals surface area contributed by atoms with Crippen LogP contribution in [0.4, 0.5) is 4.39 Å². The second-order valence-electron chi connectivity index (χ2n) is 3.71. The van der Waals surface area contributed by atoms with E-state index in [1.165, 1.54) is 6.07 Å². The van der Waals surface area contributed by atoms with Gasteiger partial charge in [-0.25, -0.2) is 4.39 Å². The van der Waals surface area contributed by atoms with Gasteiger partial charge in [-0.1, -0.05) is 22.0 Å². The lowest BCUT2D eigenvalue weighted by Gasteiger charge is -2.07. The Balaban J connectivity index is 2.27. The van der Waals surface area contributed by atoms with Crippen LogP contribution in [0.1, 0.15) is 19.4 Å². The molecule has 0 fully saturated rings. The van der Waals surface area contributed by atoms with Crippen LogP contribution in [0.15, 0.2) is 22.7 Å². The van der Waals surface area contributed by atoms with Gasteiger partial charge in [-0.2, -0.15) is 11.8 Å². The Kier molecular flexibility index (Phi) is 6.39. The van der Waals surface area contributed by atoms with E-state index >= 15 is 0 Å². The Morgan fingerprint density at radius 3 is 2.81 bits per heavy atom. The fourth-order valence-electron chi connectivity index (χ4n) is 1.16. The largest absolute Gasteiger partial charge is 0.378 e. The summed E-state index contributed by atoms with van der Waals surface area (Å²) in [6.07, 6.45) is 0.269. The highest BCUT2D eigenvalue weighted by Crippen LogP contribution is 2.19. The standard InChI is InChI=1S/C12H16BrFOS/c1-9(2)15-5-6-16-8-10-3-4-11(13)7-12(10)14/h3-4,7,9H,5-6,8H2,1-2H3. The SMILES string of the molecule is CC(C)OCCSCc1ccc(Br)cc1F. The molecule has 0 N–H and O–H groups in total. The van der Waals surface area contributed by atoms with Crippen LogP contribution in [0.3, 0.4) is 0 Å². The molecule has 0 radical (unpaired) electrons. The molecule has 0 spiro atoms. The summed E-state index contributed by atoms with van der Waals surface area (Å²) in [6.45, 7) is 4.75. The second-order valence-corrected chi connectivity index (χ2v) is 5.73. The molecule has 0 unspecified atom stereocenters. The smallest absolute Gasteiger partial charge is 0.128 e. The molecule has 0 saturated carbocycles. The molecule has 1 aromatic carbocycles. The molecule has 90 valence electrons. The average Bonchev–Trinajstić information content (AvgIpc) is 2.20. The Labute approximate surface area is 109 Å². The van der Waals surface area contributed by atoms with Crippen LogP contribution in [0.5, 0.6) is 0 Å². The molecule has 1 nitrogen and oxygen atoms in total. The lowest BCUT2D eigenvalue weighted by Crippen LogP contribution is -2.05. The quantitative estimate of drug-likeness (QED) is 0.727. The normalized spacial score (nSPS) is 11.1. The third kappa shape index (κ3) is 5.32. The number of ether oxygens (including phenoxy) is 1. The van der Waals surface area contributed by atoms with Crippen molar-refractivity contribution in [1.82, 2.24) is 0 Å². The minimum Gasteiger partial charge on any atom is -0.378 e. The van der Waals surface area contributed by atoms with E-state index in [2.05, 4.69) is 15.9 Å². The minimum absolute atomic E-state index is 0.147. The van der Waals surface area contributed by atoms with Gasteiger partial charge < -0.3 is 4.74 Å². The van der Waals surface area contributed by atoms with Crippen LogP contribution in [-0.4, -0.2) is 18.5 Å². The first-order valence-electron chi connectivity index (χ1n) is 5.23. The van der Waals surface area contributed by atoms with Gasteiger partial charge in [0.05, 0.1) is 12.7 Å². The van der Waals surface area contributed by atoms with Crippen molar-refractivity contribution in [2.24, 2.45) is 0 Å². The van der Waals surface area contributed by atoms with E-state index in [-0.39, 0.29) is 11.9 Å². The molecule has 0 atom stereocenters. The zero-order valence-corrected chi connectivity index (χ0v) is 11.9. The maximum absolute atomic E-state index is 13.4. The van der Waals surface area contributed by atoms with Gasteiger partial charge in [-0.05, 0) is 31.5 Å². The van der Waals surface area contributed by atoms with Crippen LogP contribution < -0.4 is 0 Å². The number of rotatable bonds is 6. The monoisotopic (exact) mass is 306 g/mol. The summed E-state index contributed by atoms with van der Waals surface area (Å²) in [5.41, 5.74) is 0.748. The summed E-state index contributed by atoms with van der Waals surface area (Å²) in [5, 5.41) is 0. The highest BCUT2D eigenvalue weighted by atomic mass is 79.9. The Morgan fingerprint density at radius 2 is 2.19 bits per heavy atom. The molecule has 0 heterocycles. The van der Waals surface area contributed by atoms with Gasteiger partial charge >= 0.3 is 0 Å². The number of hydrogen-bond donors (Lipinski definition) is 0. The topological polar surface area (TPSA) is 9.23 Å². The molecule has 0 bridgehead atoms. The molecule has 0 aromatic heterocycles. The fourth-order valence-corrected chi connectivity index (χ4v) is 2.31. The molecular formula is C12H16BrFOS.